The Morgan fingerprint density at radius 3 is 2.40 bits per heavy atom. The van der Waals surface area contributed by atoms with Crippen molar-refractivity contribution in [3.63, 3.8) is 0 Å². The molecule has 136 valence electrons. The number of hydrogen-bond donors (Lipinski definition) is 2. The topological polar surface area (TPSA) is 58.4 Å². The first-order chi connectivity index (χ1) is 11.1. The van der Waals surface area contributed by atoms with E-state index in [9.17, 15) is 4.79 Å². The number of halogens is 3. The molecule has 0 bridgehead atoms. The molecule has 1 heterocycles. The second-order valence-corrected chi connectivity index (χ2v) is 6.72. The highest BCUT2D eigenvalue weighted by atomic mass is 79.9. The summed E-state index contributed by atoms with van der Waals surface area (Å²) in [6.07, 6.45) is 0.934. The largest absolute Gasteiger partial charge is 0.369 e. The molecule has 1 aliphatic heterocycles. The highest BCUT2D eigenvalue weighted by Crippen LogP contribution is 2.23. The summed E-state index contributed by atoms with van der Waals surface area (Å²) in [7, 11) is 0. The number of anilines is 1. The lowest BCUT2D eigenvalue weighted by molar-refractivity contribution is -0.123. The van der Waals surface area contributed by atoms with Crippen LogP contribution >= 0.6 is 40.7 Å². The fourth-order valence-corrected chi connectivity index (χ4v) is 3.13. The molecular weight excluding hydrogens is 425 g/mol. The Morgan fingerprint density at radius 1 is 1.12 bits per heavy atom. The molecule has 25 heavy (non-hydrogen) atoms. The Balaban J connectivity index is 0.00000156. The van der Waals surface area contributed by atoms with Crippen LogP contribution in [0.25, 0.3) is 0 Å². The second-order valence-electron chi connectivity index (χ2n) is 5.80. The molecule has 0 radical (unpaired) electrons. The van der Waals surface area contributed by atoms with Crippen molar-refractivity contribution < 1.29 is 4.79 Å². The van der Waals surface area contributed by atoms with E-state index in [0.717, 1.165) is 29.5 Å². The second kappa shape index (κ2) is 10.0. The number of amides is 1. The summed E-state index contributed by atoms with van der Waals surface area (Å²) in [5.74, 6) is -0.112. The summed E-state index contributed by atoms with van der Waals surface area (Å²) in [4.78, 5) is 14.6. The van der Waals surface area contributed by atoms with Crippen molar-refractivity contribution in [2.75, 3.05) is 18.0 Å². The number of carbonyl (C=O) groups excluding carboxylic acids is 1. The van der Waals surface area contributed by atoms with Crippen molar-refractivity contribution in [1.82, 2.24) is 5.32 Å². The van der Waals surface area contributed by atoms with Gasteiger partial charge in [-0.1, -0.05) is 46.3 Å². The van der Waals surface area contributed by atoms with Gasteiger partial charge in [-0.15, -0.1) is 24.8 Å². The third kappa shape index (κ3) is 5.61. The number of hydrogen-bond acceptors (Lipinski definition) is 3. The number of nitrogens with two attached hydrogens (primary N) is 1. The van der Waals surface area contributed by atoms with Crippen molar-refractivity contribution in [3.05, 3.63) is 64.6 Å². The van der Waals surface area contributed by atoms with Gasteiger partial charge in [0.2, 0.25) is 5.91 Å². The molecule has 3 N–H and O–H groups in total. The molecule has 0 spiro atoms. The molecule has 2 atom stereocenters. The van der Waals surface area contributed by atoms with Crippen molar-refractivity contribution in [2.24, 2.45) is 5.73 Å². The van der Waals surface area contributed by atoms with Gasteiger partial charge in [-0.2, -0.15) is 0 Å². The molecular formula is C18H22BrCl2N3O. The minimum atomic E-state index is -0.613. The van der Waals surface area contributed by atoms with E-state index in [0.29, 0.717) is 0 Å². The summed E-state index contributed by atoms with van der Waals surface area (Å²) in [6, 6.07) is 17.2. The van der Waals surface area contributed by atoms with E-state index in [2.05, 4.69) is 38.3 Å². The van der Waals surface area contributed by atoms with Gasteiger partial charge in [0, 0.05) is 29.3 Å². The van der Waals surface area contributed by atoms with Gasteiger partial charge in [-0.25, -0.2) is 0 Å². The summed E-state index contributed by atoms with van der Waals surface area (Å²) in [6.45, 7) is 1.75. The minimum Gasteiger partial charge on any atom is -0.369 e. The average molecular weight is 447 g/mol. The zero-order valence-corrected chi connectivity index (χ0v) is 16.8. The lowest BCUT2D eigenvalue weighted by atomic mass is 10.1. The number of nitrogens with zero attached hydrogens (tertiary/aromatic N) is 1. The van der Waals surface area contributed by atoms with E-state index >= 15 is 0 Å². The highest BCUT2D eigenvalue weighted by Gasteiger charge is 2.26. The van der Waals surface area contributed by atoms with E-state index in [1.165, 1.54) is 5.69 Å². The predicted molar refractivity (Wildman–Crippen MR) is 111 cm³/mol. The van der Waals surface area contributed by atoms with Gasteiger partial charge in [0.1, 0.15) is 6.04 Å². The zero-order chi connectivity index (χ0) is 16.2. The highest BCUT2D eigenvalue weighted by molar-refractivity contribution is 9.10. The number of carbonyl (C=O) groups is 1. The SMILES string of the molecule is Cl.Cl.NC(C(=O)NC1CCN(c2ccc(Br)cc2)C1)c1ccccc1. The molecule has 1 amide bonds. The van der Waals surface area contributed by atoms with Crippen LogP contribution in [-0.2, 0) is 4.79 Å². The molecule has 1 fully saturated rings. The number of benzene rings is 2. The first kappa shape index (κ1) is 21.8. The molecule has 7 heteroatoms. The first-order valence-electron chi connectivity index (χ1n) is 7.75. The van der Waals surface area contributed by atoms with Crippen LogP contribution in [0.2, 0.25) is 0 Å². The van der Waals surface area contributed by atoms with E-state index in [1.807, 2.05) is 42.5 Å². The fourth-order valence-electron chi connectivity index (χ4n) is 2.87. The van der Waals surface area contributed by atoms with Gasteiger partial charge < -0.3 is 16.0 Å². The van der Waals surface area contributed by atoms with Crippen molar-refractivity contribution in [3.8, 4) is 0 Å². The molecule has 2 unspecified atom stereocenters. The predicted octanol–water partition coefficient (Wildman–Crippen LogP) is 3.69. The van der Waals surface area contributed by atoms with Crippen LogP contribution in [0.15, 0.2) is 59.1 Å². The average Bonchev–Trinajstić information content (AvgIpc) is 3.04. The maximum absolute atomic E-state index is 12.3. The van der Waals surface area contributed by atoms with Crippen LogP contribution in [-0.4, -0.2) is 25.0 Å². The normalized spacial score (nSPS) is 17.2. The maximum atomic E-state index is 12.3. The quantitative estimate of drug-likeness (QED) is 0.752. The summed E-state index contributed by atoms with van der Waals surface area (Å²) in [5.41, 5.74) is 8.07. The van der Waals surface area contributed by atoms with Crippen LogP contribution < -0.4 is 16.0 Å². The van der Waals surface area contributed by atoms with Crippen LogP contribution in [0.5, 0.6) is 0 Å². The Morgan fingerprint density at radius 2 is 1.76 bits per heavy atom. The van der Waals surface area contributed by atoms with Crippen molar-refractivity contribution in [2.45, 2.75) is 18.5 Å². The van der Waals surface area contributed by atoms with Crippen LogP contribution in [0.4, 0.5) is 5.69 Å². The molecule has 0 aliphatic carbocycles. The molecule has 3 rings (SSSR count). The standard InChI is InChI=1S/C18H20BrN3O.2ClH/c19-14-6-8-16(9-7-14)22-11-10-15(12-22)21-18(23)17(20)13-4-2-1-3-5-13;;/h1-9,15,17H,10-12,20H2,(H,21,23);2*1H. The Kier molecular flexibility index (Phi) is 8.73. The van der Waals surface area contributed by atoms with E-state index in [4.69, 9.17) is 5.73 Å². The summed E-state index contributed by atoms with van der Waals surface area (Å²) in [5, 5.41) is 3.07. The van der Waals surface area contributed by atoms with Gasteiger partial charge in [0.15, 0.2) is 0 Å². The van der Waals surface area contributed by atoms with Gasteiger partial charge in [0.05, 0.1) is 0 Å². The Hall–Kier alpha value is -1.27. The third-order valence-electron chi connectivity index (χ3n) is 4.17. The molecule has 2 aromatic rings. The summed E-state index contributed by atoms with van der Waals surface area (Å²) < 4.78 is 1.07. The van der Waals surface area contributed by atoms with Crippen LogP contribution in [0.1, 0.15) is 18.0 Å². The maximum Gasteiger partial charge on any atom is 0.241 e. The summed E-state index contributed by atoms with van der Waals surface area (Å²) >= 11 is 3.45. The lowest BCUT2D eigenvalue weighted by Crippen LogP contribution is -2.42. The van der Waals surface area contributed by atoms with Crippen LogP contribution in [0.3, 0.4) is 0 Å². The monoisotopic (exact) mass is 445 g/mol. The van der Waals surface area contributed by atoms with Crippen molar-refractivity contribution in [1.29, 1.82) is 0 Å². The molecule has 1 aliphatic rings. The molecule has 1 saturated heterocycles. The molecule has 0 saturated carbocycles. The molecule has 2 aromatic carbocycles. The minimum absolute atomic E-state index is 0. The first-order valence-corrected chi connectivity index (χ1v) is 8.54. The Labute approximate surface area is 169 Å². The fraction of sp³-hybridized carbons (Fsp3) is 0.278. The Bertz CT molecular complexity index is 670. The number of rotatable bonds is 4. The molecule has 4 nitrogen and oxygen atoms in total. The lowest BCUT2D eigenvalue weighted by Gasteiger charge is -2.20. The van der Waals surface area contributed by atoms with E-state index < -0.39 is 6.04 Å². The van der Waals surface area contributed by atoms with Gasteiger partial charge in [0.25, 0.3) is 0 Å². The van der Waals surface area contributed by atoms with Crippen LogP contribution in [0, 0.1) is 0 Å². The zero-order valence-electron chi connectivity index (χ0n) is 13.6. The van der Waals surface area contributed by atoms with Gasteiger partial charge in [-0.05, 0) is 36.2 Å². The smallest absolute Gasteiger partial charge is 0.241 e. The molecule has 0 aromatic heterocycles. The van der Waals surface area contributed by atoms with Gasteiger partial charge >= 0.3 is 0 Å². The number of nitrogens with one attached hydrogen (secondary N) is 1. The van der Waals surface area contributed by atoms with E-state index in [-0.39, 0.29) is 36.8 Å². The van der Waals surface area contributed by atoms with E-state index in [1.54, 1.807) is 0 Å². The third-order valence-corrected chi connectivity index (χ3v) is 4.70. The van der Waals surface area contributed by atoms with Gasteiger partial charge in [-0.3, -0.25) is 4.79 Å². The van der Waals surface area contributed by atoms with Crippen molar-refractivity contribution >= 4 is 52.3 Å².